The Labute approximate surface area is 128 Å². The summed E-state index contributed by atoms with van der Waals surface area (Å²) in [6.07, 6.45) is 3.56. The van der Waals surface area contributed by atoms with Gasteiger partial charge in [-0.15, -0.1) is 0 Å². The first kappa shape index (κ1) is 18.4. The van der Waals surface area contributed by atoms with Crippen LogP contribution in [0.4, 0.5) is 0 Å². The molecule has 0 aromatic heterocycles. The number of nitrogens with zero attached hydrogens (tertiary/aromatic N) is 1. The van der Waals surface area contributed by atoms with Crippen LogP contribution in [0.2, 0.25) is 0 Å². The van der Waals surface area contributed by atoms with E-state index in [2.05, 4.69) is 30.8 Å². The number of amides is 1. The second kappa shape index (κ2) is 7.56. The largest absolute Gasteiger partial charge is 0.342 e. The minimum Gasteiger partial charge on any atom is -0.342 e. The van der Waals surface area contributed by atoms with Crippen LogP contribution in [-0.4, -0.2) is 57.2 Å². The highest BCUT2D eigenvalue weighted by atomic mass is 32.2. The molecule has 0 spiro atoms. The van der Waals surface area contributed by atoms with E-state index in [1.807, 2.05) is 4.90 Å². The summed E-state index contributed by atoms with van der Waals surface area (Å²) in [4.78, 5) is 14.0. The van der Waals surface area contributed by atoms with Crippen LogP contribution in [0.15, 0.2) is 0 Å². The molecule has 0 saturated carbocycles. The van der Waals surface area contributed by atoms with Crippen LogP contribution >= 0.6 is 0 Å². The summed E-state index contributed by atoms with van der Waals surface area (Å²) >= 11 is 0. The van der Waals surface area contributed by atoms with Crippen LogP contribution in [0.25, 0.3) is 0 Å². The van der Waals surface area contributed by atoms with E-state index in [0.29, 0.717) is 26.1 Å². The van der Waals surface area contributed by atoms with E-state index in [1.54, 1.807) is 0 Å². The summed E-state index contributed by atoms with van der Waals surface area (Å²) in [7, 11) is -3.16. The van der Waals surface area contributed by atoms with E-state index in [-0.39, 0.29) is 17.4 Å². The zero-order valence-electron chi connectivity index (χ0n) is 13.6. The van der Waals surface area contributed by atoms with Gasteiger partial charge in [-0.3, -0.25) is 4.79 Å². The second-order valence-corrected chi connectivity index (χ2v) is 8.73. The smallest absolute Gasteiger partial charge is 0.223 e. The Morgan fingerprint density at radius 3 is 2.57 bits per heavy atom. The third-order valence-corrected chi connectivity index (χ3v) is 4.19. The normalized spacial score (nSPS) is 20.6. The number of nitrogens with one attached hydrogen (secondary N) is 2. The number of carbonyl (C=O) groups is 1. The molecule has 1 atom stereocenters. The average Bonchev–Trinajstić information content (AvgIpc) is 2.34. The number of hydrogen-bond donors (Lipinski definition) is 2. The first-order valence-electron chi connectivity index (χ1n) is 7.54. The predicted octanol–water partition coefficient (Wildman–Crippen LogP) is 0.552. The fourth-order valence-electron chi connectivity index (χ4n) is 2.43. The summed E-state index contributed by atoms with van der Waals surface area (Å²) in [6.45, 7) is 8.75. The first-order chi connectivity index (χ1) is 9.57. The minimum absolute atomic E-state index is 0.0180. The molecule has 0 aromatic carbocycles. The zero-order chi connectivity index (χ0) is 16.1. The van der Waals surface area contributed by atoms with Crippen LogP contribution in [0, 0.1) is 5.92 Å². The number of piperidine rings is 1. The van der Waals surface area contributed by atoms with Crippen molar-refractivity contribution in [3.05, 3.63) is 0 Å². The maximum Gasteiger partial charge on any atom is 0.223 e. The number of carbonyl (C=O) groups excluding carboxylic acids is 1. The fraction of sp³-hybridized carbons (Fsp3) is 0.929. The molecule has 2 N–H and O–H groups in total. The van der Waals surface area contributed by atoms with Gasteiger partial charge in [0.2, 0.25) is 15.9 Å². The molecule has 0 radical (unpaired) electrons. The van der Waals surface area contributed by atoms with Gasteiger partial charge < -0.3 is 10.2 Å². The van der Waals surface area contributed by atoms with Gasteiger partial charge in [-0.05, 0) is 39.5 Å². The van der Waals surface area contributed by atoms with Crippen molar-refractivity contribution in [2.24, 2.45) is 5.92 Å². The molecule has 1 fully saturated rings. The van der Waals surface area contributed by atoms with E-state index < -0.39 is 10.0 Å². The van der Waals surface area contributed by atoms with Gasteiger partial charge in [0.25, 0.3) is 0 Å². The zero-order valence-corrected chi connectivity index (χ0v) is 14.4. The quantitative estimate of drug-likeness (QED) is 0.749. The molecule has 1 aliphatic heterocycles. The van der Waals surface area contributed by atoms with Gasteiger partial charge in [0, 0.05) is 38.1 Å². The lowest BCUT2D eigenvalue weighted by Gasteiger charge is -2.33. The van der Waals surface area contributed by atoms with Gasteiger partial charge in [0.1, 0.15) is 0 Å². The van der Waals surface area contributed by atoms with Gasteiger partial charge in [-0.2, -0.15) is 0 Å². The SMILES string of the molecule is CC(C)(C)NCCC(=O)N1CCCC(CNS(C)(=O)=O)C1. The molecule has 1 aliphatic rings. The molecule has 7 heteroatoms. The van der Waals surface area contributed by atoms with Gasteiger partial charge >= 0.3 is 0 Å². The summed E-state index contributed by atoms with van der Waals surface area (Å²) in [5.41, 5.74) is 0.0180. The Bertz CT molecular complexity index is 443. The van der Waals surface area contributed by atoms with E-state index in [0.717, 1.165) is 25.6 Å². The lowest BCUT2D eigenvalue weighted by Crippen LogP contribution is -2.45. The lowest BCUT2D eigenvalue weighted by atomic mass is 9.98. The lowest BCUT2D eigenvalue weighted by molar-refractivity contribution is -0.132. The van der Waals surface area contributed by atoms with Crippen LogP contribution in [0.1, 0.15) is 40.0 Å². The summed E-state index contributed by atoms with van der Waals surface area (Å²) in [5.74, 6) is 0.365. The van der Waals surface area contributed by atoms with Gasteiger partial charge in [0.15, 0.2) is 0 Å². The summed E-state index contributed by atoms with van der Waals surface area (Å²) in [6, 6.07) is 0. The molecule has 21 heavy (non-hydrogen) atoms. The first-order valence-corrected chi connectivity index (χ1v) is 9.43. The summed E-state index contributed by atoms with van der Waals surface area (Å²) in [5, 5.41) is 3.31. The number of rotatable bonds is 6. The van der Waals surface area contributed by atoms with Crippen LogP contribution in [0.5, 0.6) is 0 Å². The highest BCUT2D eigenvalue weighted by molar-refractivity contribution is 7.88. The Morgan fingerprint density at radius 1 is 1.33 bits per heavy atom. The molecule has 1 saturated heterocycles. The Hall–Kier alpha value is -0.660. The topological polar surface area (TPSA) is 78.5 Å². The summed E-state index contributed by atoms with van der Waals surface area (Å²) < 4.78 is 24.8. The minimum atomic E-state index is -3.16. The highest BCUT2D eigenvalue weighted by Crippen LogP contribution is 2.16. The van der Waals surface area contributed by atoms with Gasteiger partial charge in [0.05, 0.1) is 6.26 Å². The molecule has 1 unspecified atom stereocenters. The van der Waals surface area contributed by atoms with Gasteiger partial charge in [-0.1, -0.05) is 0 Å². The van der Waals surface area contributed by atoms with Crippen molar-refractivity contribution in [1.29, 1.82) is 0 Å². The standard InChI is InChI=1S/C14H29N3O3S/c1-14(2,3)15-8-7-13(18)17-9-5-6-12(11-17)10-16-21(4,19)20/h12,15-16H,5-11H2,1-4H3. The van der Waals surface area contributed by atoms with Crippen molar-refractivity contribution < 1.29 is 13.2 Å². The predicted molar refractivity (Wildman–Crippen MR) is 84.5 cm³/mol. The number of likely N-dealkylation sites (tertiary alicyclic amines) is 1. The molecule has 124 valence electrons. The molecule has 1 amide bonds. The van der Waals surface area contributed by atoms with Gasteiger partial charge in [-0.25, -0.2) is 13.1 Å². The number of sulfonamides is 1. The van der Waals surface area contributed by atoms with Crippen LogP contribution in [-0.2, 0) is 14.8 Å². The number of hydrogen-bond acceptors (Lipinski definition) is 4. The molecule has 1 rings (SSSR count). The van der Waals surface area contributed by atoms with Crippen molar-refractivity contribution in [2.45, 2.75) is 45.6 Å². The molecule has 6 nitrogen and oxygen atoms in total. The van der Waals surface area contributed by atoms with E-state index in [4.69, 9.17) is 0 Å². The maximum atomic E-state index is 12.2. The van der Waals surface area contributed by atoms with E-state index in [1.165, 1.54) is 0 Å². The third-order valence-electron chi connectivity index (χ3n) is 3.50. The van der Waals surface area contributed by atoms with Crippen LogP contribution < -0.4 is 10.0 Å². The molecular formula is C14H29N3O3S. The van der Waals surface area contributed by atoms with Crippen molar-refractivity contribution in [2.75, 3.05) is 32.4 Å². The molecule has 0 aromatic rings. The Kier molecular flexibility index (Phi) is 6.62. The maximum absolute atomic E-state index is 12.2. The second-order valence-electron chi connectivity index (χ2n) is 6.90. The van der Waals surface area contributed by atoms with Crippen molar-refractivity contribution in [3.8, 4) is 0 Å². The molecule has 1 heterocycles. The monoisotopic (exact) mass is 319 g/mol. The van der Waals surface area contributed by atoms with Crippen molar-refractivity contribution >= 4 is 15.9 Å². The Balaban J connectivity index is 2.36. The van der Waals surface area contributed by atoms with E-state index >= 15 is 0 Å². The van der Waals surface area contributed by atoms with E-state index in [9.17, 15) is 13.2 Å². The molecule has 0 bridgehead atoms. The average molecular weight is 319 g/mol. The third kappa shape index (κ3) is 8.38. The van der Waals surface area contributed by atoms with Crippen molar-refractivity contribution in [1.82, 2.24) is 14.9 Å². The molecular weight excluding hydrogens is 290 g/mol. The van der Waals surface area contributed by atoms with Crippen molar-refractivity contribution in [3.63, 3.8) is 0 Å². The van der Waals surface area contributed by atoms with Crippen LogP contribution in [0.3, 0.4) is 0 Å². The molecule has 0 aliphatic carbocycles. The fourth-order valence-corrected chi connectivity index (χ4v) is 2.97. The highest BCUT2D eigenvalue weighted by Gasteiger charge is 2.24. The Morgan fingerprint density at radius 2 is 2.00 bits per heavy atom.